The summed E-state index contributed by atoms with van der Waals surface area (Å²) in [4.78, 5) is 10.2. The van der Waals surface area contributed by atoms with Crippen molar-refractivity contribution in [2.24, 2.45) is 5.92 Å². The quantitative estimate of drug-likeness (QED) is 0.665. The van der Waals surface area contributed by atoms with E-state index in [-0.39, 0.29) is 5.57 Å². The normalized spacial score (nSPS) is 15.9. The maximum Gasteiger partial charge on any atom is 0.405 e. The van der Waals surface area contributed by atoms with E-state index in [1.54, 1.807) is 0 Å². The van der Waals surface area contributed by atoms with Gasteiger partial charge in [0.25, 0.3) is 0 Å². The predicted octanol–water partition coefficient (Wildman–Crippen LogP) is 2.22. The number of halogens is 3. The molecule has 1 N–H and O–H groups in total. The Labute approximate surface area is 67.7 Å². The zero-order chi connectivity index (χ0) is 9.94. The largest absolute Gasteiger partial charge is 0.481 e. The first kappa shape index (κ1) is 11.0. The van der Waals surface area contributed by atoms with E-state index in [1.165, 1.54) is 6.92 Å². The lowest BCUT2D eigenvalue weighted by molar-refractivity contribution is -0.185. The van der Waals surface area contributed by atoms with Crippen molar-refractivity contribution in [1.29, 1.82) is 0 Å². The average Bonchev–Trinajstić information content (AvgIpc) is 1.83. The summed E-state index contributed by atoms with van der Waals surface area (Å²) in [6.07, 6.45) is -3.56. The van der Waals surface area contributed by atoms with Gasteiger partial charge in [-0.2, -0.15) is 13.2 Å². The molecule has 0 bridgehead atoms. The number of aliphatic carboxylic acids is 1. The van der Waals surface area contributed by atoms with Gasteiger partial charge in [0.2, 0.25) is 0 Å². The first-order chi connectivity index (χ1) is 5.30. The van der Waals surface area contributed by atoms with E-state index in [4.69, 9.17) is 5.11 Å². The molecule has 0 radical (unpaired) electrons. The molecule has 0 saturated heterocycles. The Morgan fingerprint density at radius 3 is 2.00 bits per heavy atom. The van der Waals surface area contributed by atoms with E-state index in [0.29, 0.717) is 0 Å². The van der Waals surface area contributed by atoms with Crippen LogP contribution < -0.4 is 0 Å². The van der Waals surface area contributed by atoms with Crippen molar-refractivity contribution in [1.82, 2.24) is 0 Å². The number of hydrogen-bond donors (Lipinski definition) is 1. The second kappa shape index (κ2) is 3.60. The lowest BCUT2D eigenvalue weighted by Gasteiger charge is -2.15. The summed E-state index contributed by atoms with van der Waals surface area (Å²) in [5.41, 5.74) is -0.199. The van der Waals surface area contributed by atoms with Crippen molar-refractivity contribution < 1.29 is 23.1 Å². The van der Waals surface area contributed by atoms with Crippen LogP contribution in [0.5, 0.6) is 0 Å². The van der Waals surface area contributed by atoms with Crippen molar-refractivity contribution in [3.8, 4) is 0 Å². The molecule has 0 rings (SSSR count). The minimum atomic E-state index is -4.71. The summed E-state index contributed by atoms with van der Waals surface area (Å²) < 4.78 is 36.0. The molecule has 0 aromatic carbocycles. The van der Waals surface area contributed by atoms with Gasteiger partial charge in [-0.25, -0.2) is 0 Å². The van der Waals surface area contributed by atoms with Crippen LogP contribution in [0.2, 0.25) is 0 Å². The Balaban J connectivity index is 4.81. The van der Waals surface area contributed by atoms with Crippen LogP contribution in [-0.2, 0) is 4.79 Å². The molecule has 0 saturated carbocycles. The highest BCUT2D eigenvalue weighted by Gasteiger charge is 2.45. The van der Waals surface area contributed by atoms with Crippen LogP contribution in [0.25, 0.3) is 0 Å². The highest BCUT2D eigenvalue weighted by molar-refractivity contribution is 5.74. The molecule has 0 fully saturated rings. The number of carboxylic acid groups (broad SMARTS) is 1. The minimum absolute atomic E-state index is 0.199. The van der Waals surface area contributed by atoms with E-state index in [1.807, 2.05) is 0 Å². The molecule has 0 amide bonds. The lowest BCUT2D eigenvalue weighted by Crippen LogP contribution is -2.31. The van der Waals surface area contributed by atoms with Crippen LogP contribution in [0.4, 0.5) is 13.2 Å². The monoisotopic (exact) mass is 182 g/mol. The molecule has 0 aromatic rings. The number of alkyl halides is 3. The molecule has 5 heteroatoms. The smallest absolute Gasteiger partial charge is 0.405 e. The lowest BCUT2D eigenvalue weighted by atomic mass is 10.0. The first-order valence-electron chi connectivity index (χ1n) is 3.23. The molecule has 12 heavy (non-hydrogen) atoms. The molecule has 70 valence electrons. The fourth-order valence-corrected chi connectivity index (χ4v) is 0.760. The average molecular weight is 182 g/mol. The van der Waals surface area contributed by atoms with Crippen LogP contribution in [0.15, 0.2) is 11.6 Å². The zero-order valence-electron chi connectivity index (χ0n) is 6.64. The predicted molar refractivity (Wildman–Crippen MR) is 36.6 cm³/mol. The summed E-state index contributed by atoms with van der Waals surface area (Å²) >= 11 is 0. The van der Waals surface area contributed by atoms with Crippen LogP contribution in [0, 0.1) is 5.92 Å². The molecule has 2 nitrogen and oxygen atoms in total. The summed E-state index contributed by atoms with van der Waals surface area (Å²) in [5.74, 6) is -4.24. The Hall–Kier alpha value is -1.00. The molecular formula is C7H9F3O2. The van der Waals surface area contributed by atoms with Crippen LogP contribution in [-0.4, -0.2) is 17.3 Å². The third-order valence-corrected chi connectivity index (χ3v) is 1.48. The molecule has 1 atom stereocenters. The summed E-state index contributed by atoms with van der Waals surface area (Å²) in [6.45, 7) is 2.52. The molecule has 0 heterocycles. The maximum absolute atomic E-state index is 12.0. The molecule has 0 aromatic heterocycles. The highest BCUT2D eigenvalue weighted by Crippen LogP contribution is 2.31. The summed E-state index contributed by atoms with van der Waals surface area (Å²) in [5, 5.41) is 8.25. The van der Waals surface area contributed by atoms with Crippen molar-refractivity contribution >= 4 is 5.97 Å². The van der Waals surface area contributed by atoms with E-state index in [0.717, 1.165) is 13.0 Å². The van der Waals surface area contributed by atoms with Crippen molar-refractivity contribution in [3.63, 3.8) is 0 Å². The molecular weight excluding hydrogens is 173 g/mol. The number of rotatable bonds is 2. The van der Waals surface area contributed by atoms with Gasteiger partial charge in [0.15, 0.2) is 5.92 Å². The van der Waals surface area contributed by atoms with Gasteiger partial charge in [0.05, 0.1) is 0 Å². The van der Waals surface area contributed by atoms with Gasteiger partial charge in [0, 0.05) is 0 Å². The van der Waals surface area contributed by atoms with Gasteiger partial charge in [-0.15, -0.1) is 0 Å². The molecule has 1 unspecified atom stereocenters. The Morgan fingerprint density at radius 1 is 1.50 bits per heavy atom. The maximum atomic E-state index is 12.0. The van der Waals surface area contributed by atoms with Gasteiger partial charge >= 0.3 is 12.1 Å². The zero-order valence-corrected chi connectivity index (χ0v) is 6.64. The van der Waals surface area contributed by atoms with E-state index >= 15 is 0 Å². The summed E-state index contributed by atoms with van der Waals surface area (Å²) in [6, 6.07) is 0. The van der Waals surface area contributed by atoms with Gasteiger partial charge in [0.1, 0.15) is 0 Å². The van der Waals surface area contributed by atoms with Crippen LogP contribution in [0.3, 0.4) is 0 Å². The second-order valence-electron chi connectivity index (χ2n) is 2.35. The number of hydrogen-bond acceptors (Lipinski definition) is 1. The Kier molecular flexibility index (Phi) is 3.30. The highest BCUT2D eigenvalue weighted by atomic mass is 19.4. The van der Waals surface area contributed by atoms with Crippen LogP contribution >= 0.6 is 0 Å². The standard InChI is InChI=1S/C7H9F3O2/c1-3-4(2)5(6(11)12)7(8,9)10/h3,5H,1-2H3,(H,11,12)/b4-3+. The van der Waals surface area contributed by atoms with Crippen molar-refractivity contribution in [2.75, 3.05) is 0 Å². The van der Waals surface area contributed by atoms with Crippen molar-refractivity contribution in [2.45, 2.75) is 20.0 Å². The molecule has 0 aliphatic carbocycles. The topological polar surface area (TPSA) is 37.3 Å². The van der Waals surface area contributed by atoms with Crippen LogP contribution in [0.1, 0.15) is 13.8 Å². The first-order valence-corrected chi connectivity index (χ1v) is 3.23. The van der Waals surface area contributed by atoms with Gasteiger partial charge in [-0.3, -0.25) is 4.79 Å². The Morgan fingerprint density at radius 2 is 1.92 bits per heavy atom. The fraction of sp³-hybridized carbons (Fsp3) is 0.571. The van der Waals surface area contributed by atoms with Gasteiger partial charge in [-0.1, -0.05) is 11.6 Å². The molecule has 0 aliphatic heterocycles. The Bertz CT molecular complexity index is 205. The third kappa shape index (κ3) is 2.56. The van der Waals surface area contributed by atoms with Gasteiger partial charge in [-0.05, 0) is 13.8 Å². The molecule has 0 spiro atoms. The van der Waals surface area contributed by atoms with E-state index in [2.05, 4.69) is 0 Å². The van der Waals surface area contributed by atoms with E-state index < -0.39 is 18.1 Å². The second-order valence-corrected chi connectivity index (χ2v) is 2.35. The fourth-order valence-electron chi connectivity index (χ4n) is 0.760. The minimum Gasteiger partial charge on any atom is -0.481 e. The van der Waals surface area contributed by atoms with Crippen molar-refractivity contribution in [3.05, 3.63) is 11.6 Å². The van der Waals surface area contributed by atoms with E-state index in [9.17, 15) is 18.0 Å². The SMILES string of the molecule is C/C=C(\C)C(C(=O)O)C(F)(F)F. The number of carboxylic acids is 1. The molecule has 0 aliphatic rings. The van der Waals surface area contributed by atoms with Gasteiger partial charge < -0.3 is 5.11 Å². The summed E-state index contributed by atoms with van der Waals surface area (Å²) in [7, 11) is 0. The third-order valence-electron chi connectivity index (χ3n) is 1.48. The number of allylic oxidation sites excluding steroid dienone is 1. The number of carbonyl (C=O) groups is 1.